The molecule has 4 heteroatoms. The van der Waals surface area contributed by atoms with E-state index in [2.05, 4.69) is 25.9 Å². The molecule has 2 aliphatic heterocycles. The van der Waals surface area contributed by atoms with Crippen molar-refractivity contribution < 1.29 is 9.47 Å². The Morgan fingerprint density at radius 1 is 1.31 bits per heavy atom. The molecule has 0 unspecified atom stereocenters. The van der Waals surface area contributed by atoms with Crippen molar-refractivity contribution in [3.63, 3.8) is 0 Å². The van der Waals surface area contributed by atoms with E-state index < -0.39 is 0 Å². The molecule has 0 bridgehead atoms. The van der Waals surface area contributed by atoms with Gasteiger partial charge in [-0.1, -0.05) is 20.8 Å². The number of fused-ring (bicyclic) bond motifs is 1. The van der Waals surface area contributed by atoms with E-state index in [0.29, 0.717) is 0 Å². The maximum Gasteiger partial charge on any atom is 0.215 e. The van der Waals surface area contributed by atoms with E-state index in [1.165, 1.54) is 5.56 Å². The Bertz CT molecular complexity index is 413. The summed E-state index contributed by atoms with van der Waals surface area (Å²) in [5.41, 5.74) is 1.48. The summed E-state index contributed by atoms with van der Waals surface area (Å²) in [6, 6.07) is 0. The van der Waals surface area contributed by atoms with Crippen LogP contribution in [0, 0.1) is 5.41 Å². The molecule has 0 amide bonds. The molecule has 1 spiro atoms. The van der Waals surface area contributed by atoms with Gasteiger partial charge in [0.1, 0.15) is 6.61 Å². The molecule has 16 heavy (non-hydrogen) atoms. The van der Waals surface area contributed by atoms with Crippen molar-refractivity contribution in [2.75, 3.05) is 19.8 Å². The fraction of sp³-hybridized carbons (Fsp3) is 0.750. The van der Waals surface area contributed by atoms with Crippen molar-refractivity contribution in [1.29, 1.82) is 0 Å². The van der Waals surface area contributed by atoms with Crippen LogP contribution in [0.5, 0.6) is 5.88 Å². The summed E-state index contributed by atoms with van der Waals surface area (Å²) in [4.78, 5) is 0. The summed E-state index contributed by atoms with van der Waals surface area (Å²) in [5.74, 6) is 0.949. The van der Waals surface area contributed by atoms with Crippen LogP contribution < -0.4 is 4.74 Å². The lowest BCUT2D eigenvalue weighted by Crippen LogP contribution is -2.52. The van der Waals surface area contributed by atoms with Crippen molar-refractivity contribution in [2.45, 2.75) is 32.7 Å². The molecule has 1 saturated heterocycles. The third-order valence-electron chi connectivity index (χ3n) is 3.42. The summed E-state index contributed by atoms with van der Waals surface area (Å²) in [6.07, 6.45) is 1.94. The van der Waals surface area contributed by atoms with Crippen LogP contribution in [-0.4, -0.2) is 29.6 Å². The van der Waals surface area contributed by atoms with Gasteiger partial charge in [0.25, 0.3) is 0 Å². The molecule has 0 aliphatic carbocycles. The van der Waals surface area contributed by atoms with Gasteiger partial charge in [0.15, 0.2) is 0 Å². The maximum atomic E-state index is 5.90. The maximum absolute atomic E-state index is 5.90. The molecule has 2 aliphatic rings. The highest BCUT2D eigenvalue weighted by Crippen LogP contribution is 2.39. The van der Waals surface area contributed by atoms with Crippen LogP contribution in [-0.2, 0) is 16.7 Å². The number of rotatable bonds is 0. The second kappa shape index (κ2) is 3.00. The topological polar surface area (TPSA) is 36.3 Å². The lowest BCUT2D eigenvalue weighted by Gasteiger charge is -2.43. The van der Waals surface area contributed by atoms with E-state index in [4.69, 9.17) is 9.47 Å². The second-order valence-electron chi connectivity index (χ2n) is 6.05. The zero-order valence-corrected chi connectivity index (χ0v) is 10.1. The summed E-state index contributed by atoms with van der Waals surface area (Å²) in [6.45, 7) is 9.86. The Labute approximate surface area is 95.5 Å². The van der Waals surface area contributed by atoms with Crippen LogP contribution >= 0.6 is 0 Å². The van der Waals surface area contributed by atoms with E-state index in [9.17, 15) is 0 Å². The minimum atomic E-state index is 0.0915. The zero-order valence-electron chi connectivity index (χ0n) is 10.1. The molecular weight excluding hydrogens is 204 g/mol. The SMILES string of the molecule is CC(C)(C)c1cnn2c1OCC1(COC1)C2. The first kappa shape index (κ1) is 10.1. The number of nitrogens with zero attached hydrogens (tertiary/aromatic N) is 2. The van der Waals surface area contributed by atoms with E-state index >= 15 is 0 Å². The predicted octanol–water partition coefficient (Wildman–Crippen LogP) is 1.59. The second-order valence-corrected chi connectivity index (χ2v) is 6.05. The Morgan fingerprint density at radius 3 is 2.62 bits per heavy atom. The van der Waals surface area contributed by atoms with E-state index in [-0.39, 0.29) is 10.8 Å². The third kappa shape index (κ3) is 1.36. The van der Waals surface area contributed by atoms with Gasteiger partial charge in [-0.05, 0) is 5.41 Å². The fourth-order valence-electron chi connectivity index (χ4n) is 2.30. The highest BCUT2D eigenvalue weighted by atomic mass is 16.5. The van der Waals surface area contributed by atoms with Gasteiger partial charge in [-0.25, -0.2) is 4.68 Å². The van der Waals surface area contributed by atoms with Gasteiger partial charge in [-0.3, -0.25) is 0 Å². The van der Waals surface area contributed by atoms with Gasteiger partial charge < -0.3 is 9.47 Å². The molecule has 3 rings (SSSR count). The standard InChI is InChI=1S/C12H18N2O2/c1-11(2,3)9-4-13-14-5-12(6-15-7-12)8-16-10(9)14/h4H,5-8H2,1-3H3. The van der Waals surface area contributed by atoms with Crippen LogP contribution in [0.15, 0.2) is 6.20 Å². The summed E-state index contributed by atoms with van der Waals surface area (Å²) >= 11 is 0. The van der Waals surface area contributed by atoms with Crippen LogP contribution in [0.2, 0.25) is 0 Å². The third-order valence-corrected chi connectivity index (χ3v) is 3.42. The fourth-order valence-corrected chi connectivity index (χ4v) is 2.30. The molecule has 0 saturated carbocycles. The molecule has 1 aromatic heterocycles. The van der Waals surface area contributed by atoms with Gasteiger partial charge in [-0.15, -0.1) is 0 Å². The number of hydrogen-bond donors (Lipinski definition) is 0. The lowest BCUT2D eigenvalue weighted by atomic mass is 9.85. The Kier molecular flexibility index (Phi) is 1.90. The average molecular weight is 222 g/mol. The first-order valence-electron chi connectivity index (χ1n) is 5.77. The molecule has 4 nitrogen and oxygen atoms in total. The number of aromatic nitrogens is 2. The van der Waals surface area contributed by atoms with Crippen LogP contribution in [0.25, 0.3) is 0 Å². The molecule has 1 aromatic rings. The van der Waals surface area contributed by atoms with E-state index in [0.717, 1.165) is 32.2 Å². The van der Waals surface area contributed by atoms with E-state index in [1.807, 2.05) is 10.9 Å². The van der Waals surface area contributed by atoms with Crippen molar-refractivity contribution in [1.82, 2.24) is 9.78 Å². The lowest BCUT2D eigenvalue weighted by molar-refractivity contribution is -0.154. The van der Waals surface area contributed by atoms with Crippen molar-refractivity contribution in [2.24, 2.45) is 5.41 Å². The first-order valence-corrected chi connectivity index (χ1v) is 5.77. The summed E-state index contributed by atoms with van der Waals surface area (Å²) in [5, 5.41) is 4.44. The molecule has 0 atom stereocenters. The largest absolute Gasteiger partial charge is 0.477 e. The molecule has 0 N–H and O–H groups in total. The van der Waals surface area contributed by atoms with Gasteiger partial charge in [0, 0.05) is 5.56 Å². The predicted molar refractivity (Wildman–Crippen MR) is 59.7 cm³/mol. The molecule has 3 heterocycles. The number of hydrogen-bond acceptors (Lipinski definition) is 3. The van der Waals surface area contributed by atoms with Gasteiger partial charge in [0.05, 0.1) is 31.4 Å². The van der Waals surface area contributed by atoms with Crippen LogP contribution in [0.4, 0.5) is 0 Å². The Hall–Kier alpha value is -1.03. The van der Waals surface area contributed by atoms with Gasteiger partial charge in [0.2, 0.25) is 5.88 Å². The Balaban J connectivity index is 1.94. The Morgan fingerprint density at radius 2 is 2.06 bits per heavy atom. The molecule has 0 radical (unpaired) electrons. The highest BCUT2D eigenvalue weighted by molar-refractivity contribution is 5.32. The van der Waals surface area contributed by atoms with Gasteiger partial charge in [-0.2, -0.15) is 5.10 Å². The molecule has 88 valence electrons. The summed E-state index contributed by atoms with van der Waals surface area (Å²) in [7, 11) is 0. The van der Waals surface area contributed by atoms with Crippen molar-refractivity contribution >= 4 is 0 Å². The first-order chi connectivity index (χ1) is 7.50. The van der Waals surface area contributed by atoms with Crippen molar-refractivity contribution in [3.05, 3.63) is 11.8 Å². The monoisotopic (exact) mass is 222 g/mol. The molecule has 0 aromatic carbocycles. The van der Waals surface area contributed by atoms with Crippen LogP contribution in [0.3, 0.4) is 0 Å². The van der Waals surface area contributed by atoms with Crippen LogP contribution in [0.1, 0.15) is 26.3 Å². The average Bonchev–Trinajstić information content (AvgIpc) is 2.56. The zero-order chi connectivity index (χ0) is 11.4. The highest BCUT2D eigenvalue weighted by Gasteiger charge is 2.44. The molecule has 1 fully saturated rings. The minimum absolute atomic E-state index is 0.0915. The summed E-state index contributed by atoms with van der Waals surface area (Å²) < 4.78 is 13.2. The normalized spacial score (nSPS) is 22.4. The minimum Gasteiger partial charge on any atom is -0.477 e. The number of ether oxygens (including phenoxy) is 2. The quantitative estimate of drug-likeness (QED) is 0.669. The van der Waals surface area contributed by atoms with Crippen molar-refractivity contribution in [3.8, 4) is 5.88 Å². The van der Waals surface area contributed by atoms with Gasteiger partial charge >= 0.3 is 0 Å². The van der Waals surface area contributed by atoms with E-state index in [1.54, 1.807) is 0 Å². The smallest absolute Gasteiger partial charge is 0.215 e. The molecular formula is C12H18N2O2.